The summed E-state index contributed by atoms with van der Waals surface area (Å²) in [5, 5.41) is 6.20. The molecule has 0 N–H and O–H groups in total. The van der Waals surface area contributed by atoms with Crippen LogP contribution in [-0.4, -0.2) is 38.2 Å². The number of aryl methyl sites for hydroxylation is 1. The number of aromatic nitrogens is 4. The predicted octanol–water partition coefficient (Wildman–Crippen LogP) is 5.50. The van der Waals surface area contributed by atoms with E-state index in [1.165, 1.54) is 16.4 Å². The molecule has 0 saturated heterocycles. The van der Waals surface area contributed by atoms with Crippen LogP contribution in [0.25, 0.3) is 21.0 Å². The lowest BCUT2D eigenvalue weighted by molar-refractivity contribution is 0.0796. The number of pyridine rings is 1. The zero-order chi connectivity index (χ0) is 24.1. The van der Waals surface area contributed by atoms with Gasteiger partial charge in [-0.25, -0.2) is 18.5 Å². The van der Waals surface area contributed by atoms with Gasteiger partial charge in [-0.1, -0.05) is 0 Å². The van der Waals surface area contributed by atoms with Crippen molar-refractivity contribution in [2.24, 2.45) is 7.05 Å². The van der Waals surface area contributed by atoms with Crippen LogP contribution in [0.2, 0.25) is 0 Å². The van der Waals surface area contributed by atoms with Crippen molar-refractivity contribution in [2.45, 2.75) is 13.0 Å². The van der Waals surface area contributed by atoms with Crippen LogP contribution in [0.4, 0.5) is 30.8 Å². The number of alkyl halides is 2. The minimum absolute atomic E-state index is 0.0327. The van der Waals surface area contributed by atoms with E-state index in [4.69, 9.17) is 4.74 Å². The van der Waals surface area contributed by atoms with Gasteiger partial charge in [-0.2, -0.15) is 14.5 Å². The van der Waals surface area contributed by atoms with E-state index in [-0.39, 0.29) is 18.5 Å². The molecule has 1 aliphatic heterocycles. The SMILES string of the molecule is Cn1cc2cc(N3Cc4ccc(OCC(F)F)nc4N(c4ccc5sncc5c4)C3=O)ccc2n1. The molecule has 0 bridgehead atoms. The predicted molar refractivity (Wildman–Crippen MR) is 130 cm³/mol. The van der Waals surface area contributed by atoms with Crippen LogP contribution in [-0.2, 0) is 13.6 Å². The molecule has 1 aliphatic rings. The Morgan fingerprint density at radius 2 is 1.91 bits per heavy atom. The quantitative estimate of drug-likeness (QED) is 0.324. The molecule has 6 rings (SSSR count). The summed E-state index contributed by atoms with van der Waals surface area (Å²) in [5.74, 6) is 0.383. The molecule has 2 aromatic carbocycles. The van der Waals surface area contributed by atoms with Crippen molar-refractivity contribution in [3.05, 3.63) is 66.5 Å². The van der Waals surface area contributed by atoms with Crippen LogP contribution in [0.1, 0.15) is 5.56 Å². The standard InChI is InChI=1S/C24H18F2N6O2S/c1-30-11-16-9-17(3-5-19(16)29-30)31-12-14-2-7-22(34-13-21(25)26)28-23(14)32(24(31)33)18-4-6-20-15(8-18)10-27-35-20/h2-11,21H,12-13H2,1H3. The van der Waals surface area contributed by atoms with Crippen LogP contribution in [0.3, 0.4) is 0 Å². The second-order valence-corrected chi connectivity index (χ2v) is 8.97. The van der Waals surface area contributed by atoms with E-state index < -0.39 is 13.0 Å². The molecule has 0 radical (unpaired) electrons. The molecule has 0 atom stereocenters. The number of amides is 2. The fourth-order valence-electron chi connectivity index (χ4n) is 4.19. The average molecular weight is 493 g/mol. The Labute approximate surface area is 202 Å². The molecule has 0 spiro atoms. The number of carbonyl (C=O) groups is 1. The molecule has 8 nitrogen and oxygen atoms in total. The third-order valence-corrected chi connectivity index (χ3v) is 6.54. The van der Waals surface area contributed by atoms with E-state index in [9.17, 15) is 13.6 Å². The normalized spacial score (nSPS) is 13.8. The fraction of sp³-hybridized carbons (Fsp3) is 0.167. The summed E-state index contributed by atoms with van der Waals surface area (Å²) >= 11 is 1.36. The van der Waals surface area contributed by atoms with Crippen LogP contribution in [0.15, 0.2) is 60.9 Å². The highest BCUT2D eigenvalue weighted by atomic mass is 32.1. The van der Waals surface area contributed by atoms with E-state index in [0.717, 1.165) is 26.6 Å². The molecule has 176 valence electrons. The number of hydrogen-bond acceptors (Lipinski definition) is 6. The minimum Gasteiger partial charge on any atom is -0.472 e. The zero-order valence-electron chi connectivity index (χ0n) is 18.4. The molecule has 35 heavy (non-hydrogen) atoms. The highest BCUT2D eigenvalue weighted by molar-refractivity contribution is 7.13. The molecule has 0 saturated carbocycles. The Hall–Kier alpha value is -4.12. The lowest BCUT2D eigenvalue weighted by Gasteiger charge is -2.36. The Bertz CT molecular complexity index is 1580. The molecule has 5 aromatic rings. The number of urea groups is 1. The molecular weight excluding hydrogens is 474 g/mol. The third-order valence-electron chi connectivity index (χ3n) is 5.76. The van der Waals surface area contributed by atoms with Crippen molar-refractivity contribution < 1.29 is 18.3 Å². The second-order valence-electron chi connectivity index (χ2n) is 8.13. The third kappa shape index (κ3) is 3.83. The van der Waals surface area contributed by atoms with Crippen molar-refractivity contribution in [3.63, 3.8) is 0 Å². The minimum atomic E-state index is -2.63. The van der Waals surface area contributed by atoms with Gasteiger partial charge in [-0.05, 0) is 54.0 Å². The number of nitrogens with zero attached hydrogens (tertiary/aromatic N) is 6. The number of rotatable bonds is 5. The molecule has 4 heterocycles. The molecule has 11 heteroatoms. The van der Waals surface area contributed by atoms with Gasteiger partial charge in [-0.15, -0.1) is 0 Å². The number of hydrogen-bond donors (Lipinski definition) is 0. The number of fused-ring (bicyclic) bond motifs is 3. The van der Waals surface area contributed by atoms with E-state index in [1.54, 1.807) is 27.9 Å². The Morgan fingerprint density at radius 3 is 2.77 bits per heavy atom. The van der Waals surface area contributed by atoms with Gasteiger partial charge < -0.3 is 4.74 Å². The summed E-state index contributed by atoms with van der Waals surface area (Å²) in [4.78, 5) is 21.5. The topological polar surface area (TPSA) is 76.4 Å². The van der Waals surface area contributed by atoms with Gasteiger partial charge in [0.25, 0.3) is 6.43 Å². The van der Waals surface area contributed by atoms with Crippen molar-refractivity contribution >= 4 is 55.7 Å². The lowest BCUT2D eigenvalue weighted by atomic mass is 10.1. The van der Waals surface area contributed by atoms with Crippen LogP contribution in [0.5, 0.6) is 5.88 Å². The van der Waals surface area contributed by atoms with Crippen molar-refractivity contribution in [1.29, 1.82) is 0 Å². The van der Waals surface area contributed by atoms with Crippen LogP contribution in [0, 0.1) is 0 Å². The van der Waals surface area contributed by atoms with Gasteiger partial charge in [0.2, 0.25) is 5.88 Å². The summed E-state index contributed by atoms with van der Waals surface area (Å²) in [7, 11) is 1.85. The number of carbonyl (C=O) groups excluding carboxylic acids is 1. The van der Waals surface area contributed by atoms with E-state index in [1.807, 2.05) is 49.6 Å². The molecule has 3 aromatic heterocycles. The summed E-state index contributed by atoms with van der Waals surface area (Å²) in [6.45, 7) is -0.510. The van der Waals surface area contributed by atoms with Gasteiger partial charge in [0, 0.05) is 47.5 Å². The molecule has 0 unspecified atom stereocenters. The van der Waals surface area contributed by atoms with Gasteiger partial charge in [-0.3, -0.25) is 9.58 Å². The monoisotopic (exact) mass is 492 g/mol. The van der Waals surface area contributed by atoms with E-state index in [2.05, 4.69) is 14.5 Å². The lowest BCUT2D eigenvalue weighted by Crippen LogP contribution is -2.45. The van der Waals surface area contributed by atoms with Crippen LogP contribution >= 0.6 is 11.5 Å². The first-order valence-electron chi connectivity index (χ1n) is 10.8. The highest BCUT2D eigenvalue weighted by Crippen LogP contribution is 2.38. The molecule has 0 aliphatic carbocycles. The summed E-state index contributed by atoms with van der Waals surface area (Å²) in [6, 6.07) is 14.2. The summed E-state index contributed by atoms with van der Waals surface area (Å²) < 4.78 is 37.5. The van der Waals surface area contributed by atoms with Gasteiger partial charge >= 0.3 is 6.03 Å². The van der Waals surface area contributed by atoms with Crippen LogP contribution < -0.4 is 14.5 Å². The average Bonchev–Trinajstić information content (AvgIpc) is 3.46. The Kier molecular flexibility index (Phi) is 5.06. The van der Waals surface area contributed by atoms with Gasteiger partial charge in [0.15, 0.2) is 6.61 Å². The number of ether oxygens (including phenoxy) is 1. The molecule has 0 fully saturated rings. The second kappa shape index (κ2) is 8.27. The van der Waals surface area contributed by atoms with Crippen molar-refractivity contribution in [3.8, 4) is 5.88 Å². The van der Waals surface area contributed by atoms with Gasteiger partial charge in [0.1, 0.15) is 5.82 Å². The van der Waals surface area contributed by atoms with E-state index in [0.29, 0.717) is 17.2 Å². The largest absolute Gasteiger partial charge is 0.472 e. The first-order valence-corrected chi connectivity index (χ1v) is 11.5. The van der Waals surface area contributed by atoms with Gasteiger partial charge in [0.05, 0.1) is 22.4 Å². The molecular formula is C24H18F2N6O2S. The smallest absolute Gasteiger partial charge is 0.335 e. The maximum atomic E-state index is 13.9. The maximum absolute atomic E-state index is 13.9. The first-order chi connectivity index (χ1) is 17.0. The highest BCUT2D eigenvalue weighted by Gasteiger charge is 2.34. The number of halogens is 2. The van der Waals surface area contributed by atoms with Crippen molar-refractivity contribution in [2.75, 3.05) is 16.4 Å². The first kappa shape index (κ1) is 21.4. The van der Waals surface area contributed by atoms with Crippen molar-refractivity contribution in [1.82, 2.24) is 19.1 Å². The Balaban J connectivity index is 1.46. The molecule has 2 amide bonds. The summed E-state index contributed by atoms with van der Waals surface area (Å²) in [6.07, 6.45) is 1.00. The fourth-order valence-corrected chi connectivity index (χ4v) is 4.82. The number of anilines is 3. The Morgan fingerprint density at radius 1 is 1.09 bits per heavy atom. The maximum Gasteiger partial charge on any atom is 0.335 e. The summed E-state index contributed by atoms with van der Waals surface area (Å²) in [5.41, 5.74) is 2.89. The number of benzene rings is 2. The zero-order valence-corrected chi connectivity index (χ0v) is 19.2. The van der Waals surface area contributed by atoms with E-state index >= 15 is 0 Å².